The van der Waals surface area contributed by atoms with E-state index < -0.39 is 11.4 Å². The van der Waals surface area contributed by atoms with E-state index in [0.717, 1.165) is 0 Å². The van der Waals surface area contributed by atoms with Gasteiger partial charge in [-0.15, -0.1) is 0 Å². The van der Waals surface area contributed by atoms with Crippen LogP contribution >= 0.6 is 11.8 Å². The fraction of sp³-hybridized carbons (Fsp3) is 0.375. The average Bonchev–Trinajstić information content (AvgIpc) is 2.33. The molecule has 0 bridgehead atoms. The lowest BCUT2D eigenvalue weighted by Gasteiger charge is -2.06. The molecule has 1 amide bonds. The van der Waals surface area contributed by atoms with Crippen LogP contribution in [0.5, 0.6) is 0 Å². The summed E-state index contributed by atoms with van der Waals surface area (Å²) in [6, 6.07) is 0. The first-order valence-electron chi connectivity index (χ1n) is 4.70. The van der Waals surface area contributed by atoms with Gasteiger partial charge in [0.1, 0.15) is 5.69 Å². The number of hydrogen-bond donors (Lipinski definition) is 3. The van der Waals surface area contributed by atoms with Gasteiger partial charge < -0.3 is 10.7 Å². The van der Waals surface area contributed by atoms with E-state index in [1.54, 1.807) is 0 Å². The molecule has 4 N–H and O–H groups in total. The monoisotopic (exact) mass is 281 g/mol. The number of nitrogens with one attached hydrogen (secondary N) is 2. The van der Waals surface area contributed by atoms with Crippen LogP contribution in [0.15, 0.2) is 12.4 Å². The van der Waals surface area contributed by atoms with Crippen molar-refractivity contribution in [2.45, 2.75) is 5.51 Å². The molecular weight excluding hydrogens is 271 g/mol. The van der Waals surface area contributed by atoms with Crippen molar-refractivity contribution in [1.82, 2.24) is 15.3 Å². The molecule has 0 saturated carbocycles. The molecule has 1 heterocycles. The van der Waals surface area contributed by atoms with Crippen LogP contribution in [0, 0.1) is 0 Å². The summed E-state index contributed by atoms with van der Waals surface area (Å²) in [6.07, 6.45) is 2.40. The molecule has 0 fully saturated rings. The summed E-state index contributed by atoms with van der Waals surface area (Å²) >= 11 is -0.200. The molecule has 100 valence electrons. The highest BCUT2D eigenvalue weighted by atomic mass is 32.2. The zero-order valence-corrected chi connectivity index (χ0v) is 9.81. The van der Waals surface area contributed by atoms with Crippen molar-refractivity contribution in [3.8, 4) is 0 Å². The first-order chi connectivity index (χ1) is 8.42. The first-order valence-corrected chi connectivity index (χ1v) is 5.68. The number of alkyl halides is 3. The number of nitrogen functional groups attached to an aromatic ring is 1. The minimum Gasteiger partial charge on any atom is -0.350 e. The number of hydrogen-bond acceptors (Lipinski definition) is 6. The summed E-state index contributed by atoms with van der Waals surface area (Å²) < 4.78 is 35.4. The Morgan fingerprint density at radius 3 is 2.61 bits per heavy atom. The van der Waals surface area contributed by atoms with E-state index in [1.165, 1.54) is 12.4 Å². The zero-order valence-electron chi connectivity index (χ0n) is 8.99. The van der Waals surface area contributed by atoms with Gasteiger partial charge in [0.25, 0.3) is 5.91 Å². The molecule has 0 aromatic carbocycles. The topological polar surface area (TPSA) is 92.9 Å². The van der Waals surface area contributed by atoms with Crippen LogP contribution in [-0.4, -0.2) is 33.7 Å². The van der Waals surface area contributed by atoms with E-state index in [2.05, 4.69) is 20.7 Å². The summed E-state index contributed by atoms with van der Waals surface area (Å²) in [5, 5.41) is 2.30. The van der Waals surface area contributed by atoms with E-state index in [1.807, 2.05) is 0 Å². The van der Waals surface area contributed by atoms with Gasteiger partial charge in [-0.25, -0.2) is 15.8 Å². The lowest BCUT2D eigenvalue weighted by atomic mass is 10.4. The predicted molar refractivity (Wildman–Crippen MR) is 60.7 cm³/mol. The summed E-state index contributed by atoms with van der Waals surface area (Å²) in [5.41, 5.74) is -2.06. The second-order valence-corrected chi connectivity index (χ2v) is 4.14. The summed E-state index contributed by atoms with van der Waals surface area (Å²) in [4.78, 5) is 18.9. The van der Waals surface area contributed by atoms with Crippen LogP contribution in [0.1, 0.15) is 10.5 Å². The maximum atomic E-state index is 11.8. The summed E-state index contributed by atoms with van der Waals surface area (Å²) in [7, 11) is 0. The highest BCUT2D eigenvalue weighted by molar-refractivity contribution is 8.00. The van der Waals surface area contributed by atoms with Gasteiger partial charge in [-0.05, 0) is 11.8 Å². The highest BCUT2D eigenvalue weighted by Gasteiger charge is 2.27. The third-order valence-electron chi connectivity index (χ3n) is 1.69. The number of anilines is 1. The molecule has 18 heavy (non-hydrogen) atoms. The molecule has 0 aliphatic heterocycles. The molecule has 1 aromatic heterocycles. The van der Waals surface area contributed by atoms with Crippen LogP contribution in [0.2, 0.25) is 0 Å². The van der Waals surface area contributed by atoms with Crippen molar-refractivity contribution in [1.29, 1.82) is 0 Å². The number of nitrogens with two attached hydrogens (primary N) is 1. The number of hydrazine groups is 1. The second kappa shape index (κ2) is 6.40. The SMILES string of the molecule is NNc1cnc(C(=O)NCCSC(F)(F)F)cn1. The Balaban J connectivity index is 2.36. The van der Waals surface area contributed by atoms with Gasteiger partial charge >= 0.3 is 5.51 Å². The zero-order chi connectivity index (χ0) is 13.6. The maximum Gasteiger partial charge on any atom is 0.441 e. The molecule has 0 saturated heterocycles. The van der Waals surface area contributed by atoms with Gasteiger partial charge in [0.15, 0.2) is 5.82 Å². The van der Waals surface area contributed by atoms with Crippen molar-refractivity contribution >= 4 is 23.5 Å². The molecule has 0 unspecified atom stereocenters. The molecule has 1 aromatic rings. The van der Waals surface area contributed by atoms with Crippen LogP contribution in [0.4, 0.5) is 19.0 Å². The number of nitrogens with zero attached hydrogens (tertiary/aromatic N) is 2. The van der Waals surface area contributed by atoms with E-state index in [-0.39, 0.29) is 35.6 Å². The molecular formula is C8H10F3N5OS. The van der Waals surface area contributed by atoms with E-state index in [0.29, 0.717) is 0 Å². The number of thioether (sulfide) groups is 1. The molecule has 0 spiro atoms. The lowest BCUT2D eigenvalue weighted by molar-refractivity contribution is -0.0327. The number of amides is 1. The third-order valence-corrected chi connectivity index (χ3v) is 2.42. The normalized spacial score (nSPS) is 11.1. The van der Waals surface area contributed by atoms with Crippen molar-refractivity contribution < 1.29 is 18.0 Å². The Labute approximate surface area is 105 Å². The molecule has 0 aliphatic rings. The van der Waals surface area contributed by atoms with Crippen LogP contribution in [0.25, 0.3) is 0 Å². The van der Waals surface area contributed by atoms with E-state index in [4.69, 9.17) is 5.84 Å². The Morgan fingerprint density at radius 2 is 2.11 bits per heavy atom. The average molecular weight is 281 g/mol. The molecule has 0 atom stereocenters. The minimum absolute atomic E-state index is 0.00556. The Bertz CT molecular complexity index is 397. The summed E-state index contributed by atoms with van der Waals surface area (Å²) in [5.74, 6) is 4.48. The van der Waals surface area contributed by atoms with Crippen molar-refractivity contribution in [2.75, 3.05) is 17.7 Å². The number of halogens is 3. The van der Waals surface area contributed by atoms with Crippen molar-refractivity contribution in [3.63, 3.8) is 0 Å². The number of carbonyl (C=O) groups is 1. The Hall–Kier alpha value is -1.55. The first kappa shape index (κ1) is 14.5. The molecule has 0 aliphatic carbocycles. The largest absolute Gasteiger partial charge is 0.441 e. The van der Waals surface area contributed by atoms with Gasteiger partial charge in [-0.3, -0.25) is 4.79 Å². The molecule has 6 nitrogen and oxygen atoms in total. The van der Waals surface area contributed by atoms with Crippen LogP contribution in [0.3, 0.4) is 0 Å². The maximum absolute atomic E-state index is 11.8. The van der Waals surface area contributed by atoms with Gasteiger partial charge in [-0.2, -0.15) is 13.2 Å². The quantitative estimate of drug-likeness (QED) is 0.419. The number of rotatable bonds is 5. The van der Waals surface area contributed by atoms with Gasteiger partial charge in [-0.1, -0.05) is 0 Å². The lowest BCUT2D eigenvalue weighted by Crippen LogP contribution is -2.27. The minimum atomic E-state index is -4.29. The molecule has 0 radical (unpaired) electrons. The van der Waals surface area contributed by atoms with Crippen molar-refractivity contribution in [3.05, 3.63) is 18.1 Å². The van der Waals surface area contributed by atoms with Crippen LogP contribution in [-0.2, 0) is 0 Å². The predicted octanol–water partition coefficient (Wildman–Crippen LogP) is 0.745. The van der Waals surface area contributed by atoms with Gasteiger partial charge in [0.2, 0.25) is 0 Å². The highest BCUT2D eigenvalue weighted by Crippen LogP contribution is 2.29. The van der Waals surface area contributed by atoms with Crippen LogP contribution < -0.4 is 16.6 Å². The van der Waals surface area contributed by atoms with Gasteiger partial charge in [0, 0.05) is 12.3 Å². The van der Waals surface area contributed by atoms with E-state index >= 15 is 0 Å². The fourth-order valence-corrected chi connectivity index (χ4v) is 1.38. The van der Waals surface area contributed by atoms with Crippen molar-refractivity contribution in [2.24, 2.45) is 5.84 Å². The van der Waals surface area contributed by atoms with E-state index in [9.17, 15) is 18.0 Å². The summed E-state index contributed by atoms with van der Waals surface area (Å²) in [6.45, 7) is -0.110. The Morgan fingerprint density at radius 1 is 1.39 bits per heavy atom. The number of aromatic nitrogens is 2. The fourth-order valence-electron chi connectivity index (χ4n) is 0.942. The Kier molecular flexibility index (Phi) is 5.16. The number of carbonyl (C=O) groups excluding carboxylic acids is 1. The smallest absolute Gasteiger partial charge is 0.350 e. The third kappa shape index (κ3) is 5.19. The standard InChI is InChI=1S/C8H10F3N5OS/c9-8(10,11)18-2-1-13-7(17)5-3-15-6(16-12)4-14-5/h3-4H,1-2,12H2,(H,13,17)(H,15,16). The second-order valence-electron chi connectivity index (χ2n) is 2.98. The molecule has 10 heteroatoms. The van der Waals surface area contributed by atoms with Gasteiger partial charge in [0.05, 0.1) is 12.4 Å². The molecule has 1 rings (SSSR count).